The summed E-state index contributed by atoms with van der Waals surface area (Å²) in [7, 11) is 2.23. The second kappa shape index (κ2) is 10.5. The first-order chi connectivity index (χ1) is 17.4. The summed E-state index contributed by atoms with van der Waals surface area (Å²) in [4.78, 5) is 39.6. The first-order valence-electron chi connectivity index (χ1n) is 11.1. The van der Waals surface area contributed by atoms with Crippen LogP contribution in [0.15, 0.2) is 71.2 Å². The molecule has 0 radical (unpaired) electrons. The molecule has 1 aliphatic rings. The highest BCUT2D eigenvalue weighted by Gasteiger charge is 2.43. The van der Waals surface area contributed by atoms with Crippen molar-refractivity contribution in [2.45, 2.75) is 32.3 Å². The largest absolute Gasteiger partial charge is 0.466 e. The highest BCUT2D eigenvalue weighted by molar-refractivity contribution is 6.06. The molecule has 2 aromatic carbocycles. The second-order valence-electron chi connectivity index (χ2n) is 9.00. The molecule has 2 aromatic rings. The van der Waals surface area contributed by atoms with Gasteiger partial charge in [0.15, 0.2) is 0 Å². The van der Waals surface area contributed by atoms with Crippen molar-refractivity contribution in [1.29, 1.82) is 5.26 Å². The Morgan fingerprint density at radius 3 is 2.14 bits per heavy atom. The lowest BCUT2D eigenvalue weighted by atomic mass is 9.81. The van der Waals surface area contributed by atoms with Crippen molar-refractivity contribution >= 4 is 23.6 Å². The standard InChI is InChI=1S/C27H26FN3O6/c1-27(2,3)37-24(32)17-12-11-16(13-19(17)28)31-22(26(34)36-5)21(25(33)35-4)20(18(14-29)23(31)30)15-9-7-6-8-10-15/h6-13,20H,30H2,1-5H3. The maximum absolute atomic E-state index is 15.1. The molecular formula is C27H26FN3O6. The summed E-state index contributed by atoms with van der Waals surface area (Å²) in [6.45, 7) is 4.93. The van der Waals surface area contributed by atoms with E-state index in [0.29, 0.717) is 5.56 Å². The van der Waals surface area contributed by atoms with Crippen LogP contribution in [0.1, 0.15) is 42.6 Å². The van der Waals surface area contributed by atoms with Crippen molar-refractivity contribution in [3.8, 4) is 6.07 Å². The van der Waals surface area contributed by atoms with Crippen LogP contribution < -0.4 is 10.6 Å². The van der Waals surface area contributed by atoms with Crippen LogP contribution in [-0.2, 0) is 23.8 Å². The molecule has 0 aliphatic carbocycles. The van der Waals surface area contributed by atoms with Crippen LogP contribution >= 0.6 is 0 Å². The van der Waals surface area contributed by atoms with E-state index in [4.69, 9.17) is 19.9 Å². The smallest absolute Gasteiger partial charge is 0.355 e. The van der Waals surface area contributed by atoms with E-state index in [1.807, 2.05) is 6.07 Å². The van der Waals surface area contributed by atoms with Gasteiger partial charge in [0, 0.05) is 0 Å². The predicted molar refractivity (Wildman–Crippen MR) is 131 cm³/mol. The van der Waals surface area contributed by atoms with E-state index in [2.05, 4.69) is 0 Å². The maximum Gasteiger partial charge on any atom is 0.355 e. The molecule has 9 nitrogen and oxygen atoms in total. The fourth-order valence-corrected chi connectivity index (χ4v) is 3.92. The van der Waals surface area contributed by atoms with Crippen molar-refractivity contribution in [2.75, 3.05) is 19.1 Å². The number of esters is 3. The van der Waals surface area contributed by atoms with E-state index in [9.17, 15) is 19.6 Å². The molecule has 0 spiro atoms. The van der Waals surface area contributed by atoms with Gasteiger partial charge in [-0.2, -0.15) is 5.26 Å². The van der Waals surface area contributed by atoms with E-state index in [0.717, 1.165) is 31.3 Å². The number of carbonyl (C=O) groups excluding carboxylic acids is 3. The van der Waals surface area contributed by atoms with Crippen LogP contribution in [0.2, 0.25) is 0 Å². The highest BCUT2D eigenvalue weighted by atomic mass is 19.1. The maximum atomic E-state index is 15.1. The van der Waals surface area contributed by atoms with Crippen LogP contribution in [-0.4, -0.2) is 37.7 Å². The van der Waals surface area contributed by atoms with E-state index < -0.39 is 35.2 Å². The Morgan fingerprint density at radius 2 is 1.62 bits per heavy atom. The molecule has 0 bridgehead atoms. The molecule has 192 valence electrons. The lowest BCUT2D eigenvalue weighted by Gasteiger charge is -2.36. The summed E-state index contributed by atoms with van der Waals surface area (Å²) >= 11 is 0. The summed E-state index contributed by atoms with van der Waals surface area (Å²) in [6, 6.07) is 13.9. The number of nitrogens with two attached hydrogens (primary N) is 1. The monoisotopic (exact) mass is 507 g/mol. The topological polar surface area (TPSA) is 132 Å². The van der Waals surface area contributed by atoms with Crippen LogP contribution in [0.5, 0.6) is 0 Å². The molecule has 0 saturated heterocycles. The first kappa shape index (κ1) is 26.9. The van der Waals surface area contributed by atoms with Gasteiger partial charge in [-0.25, -0.2) is 18.8 Å². The summed E-state index contributed by atoms with van der Waals surface area (Å²) in [5, 5.41) is 10.1. The molecule has 0 aromatic heterocycles. The molecule has 3 rings (SSSR count). The molecule has 10 heteroatoms. The van der Waals surface area contributed by atoms with Crippen molar-refractivity contribution in [2.24, 2.45) is 5.73 Å². The van der Waals surface area contributed by atoms with Crippen LogP contribution in [0.4, 0.5) is 10.1 Å². The molecular weight excluding hydrogens is 481 g/mol. The predicted octanol–water partition coefficient (Wildman–Crippen LogP) is 3.68. The van der Waals surface area contributed by atoms with Gasteiger partial charge in [-0.05, 0) is 44.5 Å². The third-order valence-corrected chi connectivity index (χ3v) is 5.44. The normalized spacial score (nSPS) is 15.7. The third kappa shape index (κ3) is 5.30. The SMILES string of the molecule is COC(=O)C1=C(C(=O)OC)N(c2ccc(C(=O)OC(C)(C)C)c(F)c2)C(N)=C(C#N)C1c1ccccc1. The van der Waals surface area contributed by atoms with Gasteiger partial charge < -0.3 is 19.9 Å². The molecule has 0 fully saturated rings. The summed E-state index contributed by atoms with van der Waals surface area (Å²) in [5.41, 5.74) is 4.99. The van der Waals surface area contributed by atoms with E-state index in [1.54, 1.807) is 51.1 Å². The molecule has 1 aliphatic heterocycles. The fourth-order valence-electron chi connectivity index (χ4n) is 3.92. The number of hydrogen-bond donors (Lipinski definition) is 1. The van der Waals surface area contributed by atoms with Gasteiger partial charge in [0.2, 0.25) is 0 Å². The number of anilines is 1. The first-order valence-corrected chi connectivity index (χ1v) is 11.1. The zero-order chi connectivity index (χ0) is 27.5. The Kier molecular flexibility index (Phi) is 7.67. The van der Waals surface area contributed by atoms with Crippen LogP contribution in [0.25, 0.3) is 0 Å². The highest BCUT2D eigenvalue weighted by Crippen LogP contribution is 2.43. The fraction of sp³-hybridized carbons (Fsp3) is 0.259. The molecule has 1 atom stereocenters. The third-order valence-electron chi connectivity index (χ3n) is 5.44. The number of methoxy groups -OCH3 is 2. The zero-order valence-corrected chi connectivity index (χ0v) is 21.0. The quantitative estimate of drug-likeness (QED) is 0.475. The number of nitriles is 1. The lowest BCUT2D eigenvalue weighted by Crippen LogP contribution is -2.40. The number of hydrogen-bond acceptors (Lipinski definition) is 9. The van der Waals surface area contributed by atoms with Gasteiger partial charge >= 0.3 is 17.9 Å². The minimum atomic E-state index is -1.06. The average molecular weight is 508 g/mol. The number of allylic oxidation sites excluding steroid dienone is 1. The average Bonchev–Trinajstić information content (AvgIpc) is 2.86. The number of rotatable bonds is 5. The van der Waals surface area contributed by atoms with Gasteiger partial charge in [-0.1, -0.05) is 30.3 Å². The number of ether oxygens (including phenoxy) is 3. The van der Waals surface area contributed by atoms with Crippen molar-refractivity contribution in [1.82, 2.24) is 0 Å². The Hall–Kier alpha value is -4.65. The number of carbonyl (C=O) groups is 3. The molecule has 0 saturated carbocycles. The van der Waals surface area contributed by atoms with Crippen molar-refractivity contribution in [3.63, 3.8) is 0 Å². The molecule has 37 heavy (non-hydrogen) atoms. The molecule has 1 heterocycles. The Morgan fingerprint density at radius 1 is 1.00 bits per heavy atom. The Bertz CT molecular complexity index is 1350. The molecule has 0 amide bonds. The Balaban J connectivity index is 2.29. The lowest BCUT2D eigenvalue weighted by molar-refractivity contribution is -0.139. The van der Waals surface area contributed by atoms with Gasteiger partial charge in [0.25, 0.3) is 0 Å². The number of benzene rings is 2. The summed E-state index contributed by atoms with van der Waals surface area (Å²) in [6.07, 6.45) is 0. The van der Waals surface area contributed by atoms with Gasteiger partial charge in [-0.15, -0.1) is 0 Å². The molecule has 1 unspecified atom stereocenters. The summed E-state index contributed by atoms with van der Waals surface area (Å²) < 4.78 is 30.3. The number of nitrogens with zero attached hydrogens (tertiary/aromatic N) is 2. The second-order valence-corrected chi connectivity index (χ2v) is 9.00. The minimum Gasteiger partial charge on any atom is -0.466 e. The van der Waals surface area contributed by atoms with Crippen LogP contribution in [0, 0.1) is 17.1 Å². The van der Waals surface area contributed by atoms with Crippen molar-refractivity contribution in [3.05, 3.63) is 88.1 Å². The van der Waals surface area contributed by atoms with Crippen molar-refractivity contribution < 1.29 is 33.0 Å². The molecule has 2 N–H and O–H groups in total. The van der Waals surface area contributed by atoms with Gasteiger partial charge in [0.05, 0.1) is 48.6 Å². The van der Waals surface area contributed by atoms with Crippen LogP contribution in [0.3, 0.4) is 0 Å². The van der Waals surface area contributed by atoms with E-state index in [1.165, 1.54) is 6.07 Å². The van der Waals surface area contributed by atoms with Gasteiger partial charge in [-0.3, -0.25) is 4.90 Å². The number of halogens is 1. The zero-order valence-electron chi connectivity index (χ0n) is 21.0. The van der Waals surface area contributed by atoms with E-state index in [-0.39, 0.29) is 33.9 Å². The minimum absolute atomic E-state index is 0.0385. The Labute approximate surface area is 213 Å². The summed E-state index contributed by atoms with van der Waals surface area (Å²) in [5.74, 6) is -5.03. The van der Waals surface area contributed by atoms with Gasteiger partial charge in [0.1, 0.15) is 22.9 Å². The van der Waals surface area contributed by atoms with E-state index >= 15 is 4.39 Å².